The molecule has 3 amide bonds. The molecule has 0 aliphatic heterocycles. The summed E-state index contributed by atoms with van der Waals surface area (Å²) in [5, 5.41) is 15.4. The maximum Gasteiger partial charge on any atom is 0.408 e. The van der Waals surface area contributed by atoms with Gasteiger partial charge in [0, 0.05) is 12.0 Å². The van der Waals surface area contributed by atoms with Crippen molar-refractivity contribution in [3.05, 3.63) is 70.8 Å². The van der Waals surface area contributed by atoms with Crippen LogP contribution in [0.25, 0.3) is 0 Å². The molecular weight excluding hydrogens is 480 g/mol. The lowest BCUT2D eigenvalue weighted by atomic mass is 9.94. The molecule has 0 saturated carbocycles. The smallest absolute Gasteiger partial charge is 0.408 e. The number of amides is 3. The third-order valence-electron chi connectivity index (χ3n) is 5.80. The van der Waals surface area contributed by atoms with Gasteiger partial charge in [-0.2, -0.15) is 5.26 Å². The average molecular weight is 521 g/mol. The van der Waals surface area contributed by atoms with E-state index in [1.54, 1.807) is 26.8 Å². The fourth-order valence-corrected chi connectivity index (χ4v) is 4.03. The van der Waals surface area contributed by atoms with E-state index in [0.717, 1.165) is 16.7 Å². The maximum absolute atomic E-state index is 14.1. The first kappa shape index (κ1) is 30.4. The van der Waals surface area contributed by atoms with Crippen molar-refractivity contribution in [1.82, 2.24) is 15.5 Å². The summed E-state index contributed by atoms with van der Waals surface area (Å²) in [6.45, 7) is 14.2. The number of rotatable bonds is 8. The SMILES string of the molecule is Cc1cccc(C(C(=O)NC(C)(C)C)N(CC#N)C(=O)C(Cc2ccccc2)NC(=O)OC(C)(C)C)c1C. The standard InChI is InChI=1S/C30H40N4O4/c1-20-13-12-16-23(21(20)2)25(26(35)33-29(3,4)5)34(18-17-31)27(36)24(19-22-14-10-9-11-15-22)32-28(37)38-30(6,7)8/h9-16,24-25H,18-19H2,1-8H3,(H,32,37)(H,33,35). The molecule has 2 rings (SSSR count). The Morgan fingerprint density at radius 1 is 0.974 bits per heavy atom. The van der Waals surface area contributed by atoms with E-state index in [4.69, 9.17) is 4.74 Å². The molecule has 8 heteroatoms. The molecule has 8 nitrogen and oxygen atoms in total. The van der Waals surface area contributed by atoms with Gasteiger partial charge in [0.15, 0.2) is 0 Å². The van der Waals surface area contributed by atoms with Gasteiger partial charge < -0.3 is 20.3 Å². The number of alkyl carbamates (subject to hydrolysis) is 1. The van der Waals surface area contributed by atoms with Crippen LogP contribution >= 0.6 is 0 Å². The summed E-state index contributed by atoms with van der Waals surface area (Å²) in [7, 11) is 0. The molecule has 2 aromatic rings. The highest BCUT2D eigenvalue weighted by Gasteiger charge is 2.38. The second-order valence-electron chi connectivity index (χ2n) is 11.4. The summed E-state index contributed by atoms with van der Waals surface area (Å²) in [6, 6.07) is 14.7. The fraction of sp³-hybridized carbons (Fsp3) is 0.467. The number of nitrogens with zero attached hydrogens (tertiary/aromatic N) is 2. The van der Waals surface area contributed by atoms with Gasteiger partial charge in [-0.15, -0.1) is 0 Å². The van der Waals surface area contributed by atoms with E-state index in [0.29, 0.717) is 5.56 Å². The predicted molar refractivity (Wildman–Crippen MR) is 147 cm³/mol. The van der Waals surface area contributed by atoms with Crippen LogP contribution in [-0.4, -0.2) is 46.5 Å². The molecule has 0 spiro atoms. The Morgan fingerprint density at radius 2 is 1.61 bits per heavy atom. The van der Waals surface area contributed by atoms with E-state index in [-0.39, 0.29) is 13.0 Å². The third kappa shape index (κ3) is 8.91. The van der Waals surface area contributed by atoms with Crippen molar-refractivity contribution in [2.75, 3.05) is 6.54 Å². The molecule has 0 bridgehead atoms. The van der Waals surface area contributed by atoms with Crippen LogP contribution in [0.5, 0.6) is 0 Å². The van der Waals surface area contributed by atoms with Gasteiger partial charge in [-0.25, -0.2) is 4.79 Å². The molecule has 0 heterocycles. The largest absolute Gasteiger partial charge is 0.444 e. The summed E-state index contributed by atoms with van der Waals surface area (Å²) in [6.07, 6.45) is -0.604. The second-order valence-corrected chi connectivity index (χ2v) is 11.4. The quantitative estimate of drug-likeness (QED) is 0.488. The van der Waals surface area contributed by atoms with Crippen LogP contribution in [0.2, 0.25) is 0 Å². The van der Waals surface area contributed by atoms with E-state index < -0.39 is 41.1 Å². The molecule has 0 saturated heterocycles. The van der Waals surface area contributed by atoms with Gasteiger partial charge in [-0.1, -0.05) is 48.5 Å². The topological polar surface area (TPSA) is 112 Å². The Balaban J connectivity index is 2.60. The minimum absolute atomic E-state index is 0.154. The number of carbonyl (C=O) groups is 3. The van der Waals surface area contributed by atoms with E-state index in [1.807, 2.05) is 83.2 Å². The fourth-order valence-electron chi connectivity index (χ4n) is 4.03. The summed E-state index contributed by atoms with van der Waals surface area (Å²) in [5.41, 5.74) is 1.87. The number of ether oxygens (including phenoxy) is 1. The summed E-state index contributed by atoms with van der Waals surface area (Å²) < 4.78 is 5.42. The van der Waals surface area contributed by atoms with E-state index >= 15 is 0 Å². The van der Waals surface area contributed by atoms with Crippen molar-refractivity contribution in [2.45, 2.75) is 85.0 Å². The molecule has 0 aliphatic rings. The molecule has 0 aliphatic carbocycles. The molecule has 2 aromatic carbocycles. The van der Waals surface area contributed by atoms with Crippen molar-refractivity contribution < 1.29 is 19.1 Å². The average Bonchev–Trinajstić information content (AvgIpc) is 2.79. The highest BCUT2D eigenvalue weighted by Crippen LogP contribution is 2.28. The van der Waals surface area contributed by atoms with E-state index in [9.17, 15) is 19.6 Å². The Hall–Kier alpha value is -3.86. The first-order chi connectivity index (χ1) is 17.6. The van der Waals surface area contributed by atoms with Gasteiger partial charge in [0.25, 0.3) is 0 Å². The lowest BCUT2D eigenvalue weighted by molar-refractivity contribution is -0.142. The predicted octanol–water partition coefficient (Wildman–Crippen LogP) is 4.75. The van der Waals surface area contributed by atoms with Crippen LogP contribution in [-0.2, 0) is 20.7 Å². The van der Waals surface area contributed by atoms with Crippen molar-refractivity contribution in [3.63, 3.8) is 0 Å². The molecule has 2 N–H and O–H groups in total. The maximum atomic E-state index is 14.1. The molecule has 0 radical (unpaired) electrons. The van der Waals surface area contributed by atoms with Crippen molar-refractivity contribution in [2.24, 2.45) is 0 Å². The zero-order valence-corrected chi connectivity index (χ0v) is 23.7. The zero-order valence-electron chi connectivity index (χ0n) is 23.7. The van der Waals surface area contributed by atoms with Crippen molar-refractivity contribution >= 4 is 17.9 Å². The molecule has 2 unspecified atom stereocenters. The summed E-state index contributed by atoms with van der Waals surface area (Å²) >= 11 is 0. The molecule has 0 aromatic heterocycles. The summed E-state index contributed by atoms with van der Waals surface area (Å²) in [5.74, 6) is -0.971. The highest BCUT2D eigenvalue weighted by atomic mass is 16.6. The lowest BCUT2D eigenvalue weighted by Crippen LogP contribution is -2.55. The van der Waals surface area contributed by atoms with Gasteiger partial charge in [-0.3, -0.25) is 9.59 Å². The molecular formula is C30H40N4O4. The van der Waals surface area contributed by atoms with Gasteiger partial charge in [0.05, 0.1) is 6.07 Å². The van der Waals surface area contributed by atoms with Crippen LogP contribution in [0.3, 0.4) is 0 Å². The van der Waals surface area contributed by atoms with Gasteiger partial charge in [0.2, 0.25) is 11.8 Å². The minimum Gasteiger partial charge on any atom is -0.444 e. The number of benzene rings is 2. The molecule has 204 valence electrons. The first-order valence-corrected chi connectivity index (χ1v) is 12.7. The minimum atomic E-state index is -1.08. The molecule has 0 fully saturated rings. The molecule has 38 heavy (non-hydrogen) atoms. The number of hydrogen-bond donors (Lipinski definition) is 2. The van der Waals surface area contributed by atoms with Crippen LogP contribution in [0.4, 0.5) is 4.79 Å². The Morgan fingerprint density at radius 3 is 2.16 bits per heavy atom. The first-order valence-electron chi connectivity index (χ1n) is 12.7. The van der Waals surface area contributed by atoms with Gasteiger partial charge in [-0.05, 0) is 77.6 Å². The van der Waals surface area contributed by atoms with Crippen LogP contribution < -0.4 is 10.6 Å². The number of nitriles is 1. The second kappa shape index (κ2) is 12.6. The number of aryl methyl sites for hydroxylation is 1. The Kier molecular flexibility index (Phi) is 10.1. The van der Waals surface area contributed by atoms with Crippen molar-refractivity contribution in [1.29, 1.82) is 5.26 Å². The monoisotopic (exact) mass is 520 g/mol. The van der Waals surface area contributed by atoms with Crippen LogP contribution in [0.1, 0.15) is 69.8 Å². The summed E-state index contributed by atoms with van der Waals surface area (Å²) in [4.78, 5) is 41.9. The van der Waals surface area contributed by atoms with Crippen molar-refractivity contribution in [3.8, 4) is 6.07 Å². The van der Waals surface area contributed by atoms with Crippen LogP contribution in [0.15, 0.2) is 48.5 Å². The van der Waals surface area contributed by atoms with E-state index in [2.05, 4.69) is 10.6 Å². The Bertz CT molecular complexity index is 1170. The Labute approximate surface area is 226 Å². The number of hydrogen-bond acceptors (Lipinski definition) is 5. The normalized spacial score (nSPS) is 13.0. The van der Waals surface area contributed by atoms with E-state index in [1.165, 1.54) is 4.90 Å². The van der Waals surface area contributed by atoms with Gasteiger partial charge >= 0.3 is 6.09 Å². The third-order valence-corrected chi connectivity index (χ3v) is 5.80. The lowest BCUT2D eigenvalue weighted by Gasteiger charge is -2.35. The highest BCUT2D eigenvalue weighted by molar-refractivity contribution is 5.93. The molecule has 2 atom stereocenters. The van der Waals surface area contributed by atoms with Gasteiger partial charge in [0.1, 0.15) is 24.2 Å². The number of carbonyl (C=O) groups excluding carboxylic acids is 3. The van der Waals surface area contributed by atoms with Crippen LogP contribution in [0, 0.1) is 25.2 Å². The zero-order chi connectivity index (χ0) is 28.7. The number of nitrogens with one attached hydrogen (secondary N) is 2.